The van der Waals surface area contributed by atoms with E-state index in [4.69, 9.17) is 21.7 Å². The van der Waals surface area contributed by atoms with Gasteiger partial charge in [-0.1, -0.05) is 0 Å². The molecule has 0 heterocycles. The lowest BCUT2D eigenvalue weighted by Gasteiger charge is -2.16. The van der Waals surface area contributed by atoms with Gasteiger partial charge < -0.3 is 27.0 Å². The Morgan fingerprint density at radius 2 is 1.53 bits per heavy atom. The lowest BCUT2D eigenvalue weighted by molar-refractivity contribution is -0.138. The molecule has 0 aromatic carbocycles. The monoisotopic (exact) mass is 275 g/mol. The number of carbonyl (C=O) groups excluding carboxylic acids is 1. The average Bonchev–Trinajstić information content (AvgIpc) is 2.31. The van der Waals surface area contributed by atoms with Crippen LogP contribution in [0, 0.1) is 0 Å². The van der Waals surface area contributed by atoms with E-state index in [0.29, 0.717) is 19.3 Å². The molecule has 0 aliphatic rings. The second-order valence-corrected chi connectivity index (χ2v) is 4.29. The van der Waals surface area contributed by atoms with Gasteiger partial charge in [0.25, 0.3) is 0 Å². The van der Waals surface area contributed by atoms with Gasteiger partial charge in [-0.2, -0.15) is 0 Å². The Kier molecular flexibility index (Phi) is 8.47. The zero-order valence-electron chi connectivity index (χ0n) is 10.7. The summed E-state index contributed by atoms with van der Waals surface area (Å²) in [7, 11) is 0. The van der Waals surface area contributed by atoms with Crippen molar-refractivity contribution in [1.29, 1.82) is 0 Å². The molecular weight excluding hydrogens is 254 g/mol. The van der Waals surface area contributed by atoms with Crippen molar-refractivity contribution in [2.45, 2.75) is 50.7 Å². The van der Waals surface area contributed by atoms with Crippen LogP contribution < -0.4 is 16.8 Å². The van der Waals surface area contributed by atoms with E-state index in [1.165, 1.54) is 0 Å². The van der Waals surface area contributed by atoms with Crippen molar-refractivity contribution >= 4 is 17.8 Å². The average molecular weight is 275 g/mol. The Morgan fingerprint density at radius 3 is 2.05 bits per heavy atom. The van der Waals surface area contributed by atoms with Crippen LogP contribution in [0.4, 0.5) is 0 Å². The SMILES string of the molecule is N[C@H](CCCCC(=O)O)NC(=O)[C@@H](N)CCC(=O)O. The highest BCUT2D eigenvalue weighted by atomic mass is 16.4. The maximum atomic E-state index is 11.5. The number of hydrogen-bond donors (Lipinski definition) is 5. The largest absolute Gasteiger partial charge is 0.481 e. The minimum absolute atomic E-state index is 0.0485. The maximum absolute atomic E-state index is 11.5. The lowest BCUT2D eigenvalue weighted by atomic mass is 10.1. The zero-order valence-corrected chi connectivity index (χ0v) is 10.7. The number of nitrogens with two attached hydrogens (primary N) is 2. The molecule has 0 unspecified atom stereocenters. The molecule has 8 heteroatoms. The highest BCUT2D eigenvalue weighted by Gasteiger charge is 2.16. The normalized spacial score (nSPS) is 13.6. The van der Waals surface area contributed by atoms with Crippen LogP contribution in [-0.4, -0.2) is 40.3 Å². The van der Waals surface area contributed by atoms with E-state index in [1.54, 1.807) is 0 Å². The number of rotatable bonds is 10. The van der Waals surface area contributed by atoms with E-state index in [1.807, 2.05) is 0 Å². The van der Waals surface area contributed by atoms with E-state index in [0.717, 1.165) is 0 Å². The molecule has 110 valence electrons. The summed E-state index contributed by atoms with van der Waals surface area (Å²) in [4.78, 5) is 32.1. The molecule has 7 N–H and O–H groups in total. The first-order valence-corrected chi connectivity index (χ1v) is 6.08. The van der Waals surface area contributed by atoms with Gasteiger partial charge in [-0.3, -0.25) is 14.4 Å². The Balaban J connectivity index is 3.78. The number of hydrogen-bond acceptors (Lipinski definition) is 5. The molecule has 8 nitrogen and oxygen atoms in total. The van der Waals surface area contributed by atoms with E-state index in [2.05, 4.69) is 5.32 Å². The quantitative estimate of drug-likeness (QED) is 0.259. The molecule has 0 aliphatic carbocycles. The zero-order chi connectivity index (χ0) is 14.8. The fourth-order valence-electron chi connectivity index (χ4n) is 1.41. The number of nitrogens with one attached hydrogen (secondary N) is 1. The molecule has 0 saturated carbocycles. The first-order chi connectivity index (χ1) is 8.82. The molecule has 0 aromatic rings. The summed E-state index contributed by atoms with van der Waals surface area (Å²) < 4.78 is 0. The molecule has 0 radical (unpaired) electrons. The van der Waals surface area contributed by atoms with Crippen LogP contribution in [0.1, 0.15) is 38.5 Å². The first-order valence-electron chi connectivity index (χ1n) is 6.08. The Morgan fingerprint density at radius 1 is 0.947 bits per heavy atom. The minimum atomic E-state index is -1.01. The third-order valence-corrected chi connectivity index (χ3v) is 2.49. The summed E-state index contributed by atoms with van der Waals surface area (Å²) in [6, 6.07) is -0.902. The molecule has 0 rings (SSSR count). The van der Waals surface area contributed by atoms with Crippen LogP contribution in [0.2, 0.25) is 0 Å². The van der Waals surface area contributed by atoms with Crippen molar-refractivity contribution in [3.05, 3.63) is 0 Å². The van der Waals surface area contributed by atoms with Crippen molar-refractivity contribution in [3.8, 4) is 0 Å². The van der Waals surface area contributed by atoms with Crippen molar-refractivity contribution in [2.24, 2.45) is 11.5 Å². The third kappa shape index (κ3) is 9.98. The second-order valence-electron chi connectivity index (χ2n) is 4.29. The van der Waals surface area contributed by atoms with E-state index in [9.17, 15) is 14.4 Å². The smallest absolute Gasteiger partial charge is 0.303 e. The summed E-state index contributed by atoms with van der Waals surface area (Å²) in [5.74, 6) is -2.37. The summed E-state index contributed by atoms with van der Waals surface area (Å²) >= 11 is 0. The molecule has 0 bridgehead atoms. The van der Waals surface area contributed by atoms with E-state index < -0.39 is 30.1 Å². The molecule has 0 aromatic heterocycles. The van der Waals surface area contributed by atoms with Gasteiger partial charge in [0.2, 0.25) is 5.91 Å². The van der Waals surface area contributed by atoms with Crippen LogP contribution in [-0.2, 0) is 14.4 Å². The van der Waals surface area contributed by atoms with Gasteiger partial charge in [0.05, 0.1) is 12.2 Å². The summed E-state index contributed by atoms with van der Waals surface area (Å²) in [6.07, 6.45) is 0.859. The highest BCUT2D eigenvalue weighted by molar-refractivity contribution is 5.82. The van der Waals surface area contributed by atoms with Crippen molar-refractivity contribution in [2.75, 3.05) is 0 Å². The molecule has 2 atom stereocenters. The van der Waals surface area contributed by atoms with Crippen LogP contribution in [0.25, 0.3) is 0 Å². The molecule has 0 spiro atoms. The number of carboxylic acid groups (broad SMARTS) is 2. The number of carboxylic acids is 2. The third-order valence-electron chi connectivity index (χ3n) is 2.49. The molecule has 0 fully saturated rings. The molecule has 19 heavy (non-hydrogen) atoms. The lowest BCUT2D eigenvalue weighted by Crippen LogP contribution is -2.49. The van der Waals surface area contributed by atoms with Gasteiger partial charge in [-0.15, -0.1) is 0 Å². The van der Waals surface area contributed by atoms with E-state index in [-0.39, 0.29) is 19.3 Å². The fraction of sp³-hybridized carbons (Fsp3) is 0.727. The van der Waals surface area contributed by atoms with Gasteiger partial charge in [-0.25, -0.2) is 0 Å². The van der Waals surface area contributed by atoms with Crippen LogP contribution in [0.5, 0.6) is 0 Å². The predicted octanol–water partition coefficient (Wildman–Crippen LogP) is -0.775. The topological polar surface area (TPSA) is 156 Å². The number of unbranched alkanes of at least 4 members (excludes halogenated alkanes) is 1. The van der Waals surface area contributed by atoms with Crippen molar-refractivity contribution in [1.82, 2.24) is 5.32 Å². The van der Waals surface area contributed by atoms with Gasteiger partial charge >= 0.3 is 11.9 Å². The first kappa shape index (κ1) is 17.3. The van der Waals surface area contributed by atoms with Gasteiger partial charge in [0, 0.05) is 12.8 Å². The molecule has 1 amide bonds. The standard InChI is InChI=1S/C11H21N3O5/c12-7(5-6-10(17)18)11(19)14-8(13)3-1-2-4-9(15)16/h7-8H,1-6,12-13H2,(H,14,19)(H,15,16)(H,17,18)/t7-,8-/m0/s1. The van der Waals surface area contributed by atoms with Crippen LogP contribution in [0.15, 0.2) is 0 Å². The number of aliphatic carboxylic acids is 2. The molecular formula is C11H21N3O5. The molecule has 0 saturated heterocycles. The van der Waals surface area contributed by atoms with Gasteiger partial charge in [0.1, 0.15) is 0 Å². The summed E-state index contributed by atoms with van der Waals surface area (Å²) in [5, 5.41) is 19.4. The summed E-state index contributed by atoms with van der Waals surface area (Å²) in [6.45, 7) is 0. The van der Waals surface area contributed by atoms with E-state index >= 15 is 0 Å². The predicted molar refractivity (Wildman–Crippen MR) is 67.1 cm³/mol. The van der Waals surface area contributed by atoms with Crippen molar-refractivity contribution < 1.29 is 24.6 Å². The van der Waals surface area contributed by atoms with Gasteiger partial charge in [-0.05, 0) is 25.7 Å². The molecule has 0 aliphatic heterocycles. The second kappa shape index (κ2) is 9.29. The Bertz CT molecular complexity index is 321. The number of carbonyl (C=O) groups is 3. The fourth-order valence-corrected chi connectivity index (χ4v) is 1.41. The Labute approximate surface area is 111 Å². The summed E-state index contributed by atoms with van der Waals surface area (Å²) in [5.41, 5.74) is 11.1. The van der Waals surface area contributed by atoms with Crippen LogP contribution >= 0.6 is 0 Å². The van der Waals surface area contributed by atoms with Crippen molar-refractivity contribution in [3.63, 3.8) is 0 Å². The minimum Gasteiger partial charge on any atom is -0.481 e. The number of amides is 1. The van der Waals surface area contributed by atoms with Gasteiger partial charge in [0.15, 0.2) is 0 Å². The van der Waals surface area contributed by atoms with Crippen LogP contribution in [0.3, 0.4) is 0 Å². The Hall–Kier alpha value is -1.67. The highest BCUT2D eigenvalue weighted by Crippen LogP contribution is 2.02. The maximum Gasteiger partial charge on any atom is 0.303 e.